The molecule has 0 aliphatic carbocycles. The Bertz CT molecular complexity index is 367. The van der Waals surface area contributed by atoms with Crippen molar-refractivity contribution in [1.29, 1.82) is 0 Å². The average molecular weight is 254 g/mol. The first kappa shape index (κ1) is 12.5. The van der Waals surface area contributed by atoms with Gasteiger partial charge in [-0.1, -0.05) is 6.07 Å². The van der Waals surface area contributed by atoms with Gasteiger partial charge in [0.2, 0.25) is 5.91 Å². The molecule has 0 saturated carbocycles. The van der Waals surface area contributed by atoms with Crippen molar-refractivity contribution in [1.82, 2.24) is 10.6 Å². The van der Waals surface area contributed by atoms with Gasteiger partial charge in [0.25, 0.3) is 0 Å². The van der Waals surface area contributed by atoms with Gasteiger partial charge in [0, 0.05) is 23.9 Å². The minimum absolute atomic E-state index is 0.00870. The summed E-state index contributed by atoms with van der Waals surface area (Å²) in [5.41, 5.74) is 0. The number of aliphatic hydroxyl groups is 1. The van der Waals surface area contributed by atoms with E-state index in [0.717, 1.165) is 6.42 Å². The lowest BCUT2D eigenvalue weighted by molar-refractivity contribution is -0.123. The summed E-state index contributed by atoms with van der Waals surface area (Å²) < 4.78 is 0. The Hall–Kier alpha value is -0.910. The zero-order valence-electron chi connectivity index (χ0n) is 9.85. The van der Waals surface area contributed by atoms with Crippen molar-refractivity contribution in [2.45, 2.75) is 38.0 Å². The highest BCUT2D eigenvalue weighted by Crippen LogP contribution is 2.12. The second-order valence-electron chi connectivity index (χ2n) is 4.54. The molecule has 1 aromatic rings. The maximum absolute atomic E-state index is 11.8. The number of thiophene rings is 1. The van der Waals surface area contributed by atoms with Crippen LogP contribution in [0.5, 0.6) is 0 Å². The van der Waals surface area contributed by atoms with E-state index in [1.807, 2.05) is 18.4 Å². The lowest BCUT2D eigenvalue weighted by Crippen LogP contribution is -2.44. The van der Waals surface area contributed by atoms with Crippen LogP contribution in [0.4, 0.5) is 0 Å². The molecule has 5 heteroatoms. The zero-order valence-corrected chi connectivity index (χ0v) is 10.7. The summed E-state index contributed by atoms with van der Waals surface area (Å²) in [5, 5.41) is 17.4. The van der Waals surface area contributed by atoms with E-state index in [1.165, 1.54) is 4.88 Å². The molecular formula is C12H18N2O2S. The van der Waals surface area contributed by atoms with E-state index in [2.05, 4.69) is 16.7 Å². The summed E-state index contributed by atoms with van der Waals surface area (Å²) in [7, 11) is 0. The number of carbonyl (C=O) groups excluding carboxylic acids is 1. The van der Waals surface area contributed by atoms with Crippen LogP contribution in [-0.2, 0) is 11.2 Å². The van der Waals surface area contributed by atoms with Gasteiger partial charge in [-0.15, -0.1) is 11.3 Å². The van der Waals surface area contributed by atoms with Gasteiger partial charge >= 0.3 is 0 Å². The van der Waals surface area contributed by atoms with Gasteiger partial charge in [-0.05, 0) is 24.8 Å². The lowest BCUT2D eigenvalue weighted by atomic mass is 10.1. The molecule has 0 bridgehead atoms. The van der Waals surface area contributed by atoms with Crippen LogP contribution in [0.1, 0.15) is 18.2 Å². The molecule has 1 fully saturated rings. The maximum atomic E-state index is 11.8. The van der Waals surface area contributed by atoms with Crippen molar-refractivity contribution < 1.29 is 9.90 Å². The molecule has 94 valence electrons. The van der Waals surface area contributed by atoms with Gasteiger partial charge < -0.3 is 15.7 Å². The largest absolute Gasteiger partial charge is 0.392 e. The SMILES string of the molecule is CC(Cc1cccs1)NC(=O)C1CC(O)CN1. The molecule has 3 N–H and O–H groups in total. The summed E-state index contributed by atoms with van der Waals surface area (Å²) in [5.74, 6) is -0.00870. The molecule has 1 aromatic heterocycles. The number of carbonyl (C=O) groups is 1. The number of hydrogen-bond donors (Lipinski definition) is 3. The van der Waals surface area contributed by atoms with Crippen LogP contribution in [0, 0.1) is 0 Å². The normalized spacial score (nSPS) is 25.8. The molecule has 0 aromatic carbocycles. The van der Waals surface area contributed by atoms with E-state index in [9.17, 15) is 9.90 Å². The Balaban J connectivity index is 1.78. The van der Waals surface area contributed by atoms with E-state index in [-0.39, 0.29) is 18.0 Å². The summed E-state index contributed by atoms with van der Waals surface area (Å²) in [6, 6.07) is 3.98. The van der Waals surface area contributed by atoms with Crippen molar-refractivity contribution in [3.05, 3.63) is 22.4 Å². The number of nitrogens with one attached hydrogen (secondary N) is 2. The number of aliphatic hydroxyl groups excluding tert-OH is 1. The van der Waals surface area contributed by atoms with Gasteiger partial charge in [-0.2, -0.15) is 0 Å². The average Bonchev–Trinajstić information content (AvgIpc) is 2.89. The summed E-state index contributed by atoms with van der Waals surface area (Å²) in [6.07, 6.45) is 0.981. The van der Waals surface area contributed by atoms with Crippen LogP contribution in [0.2, 0.25) is 0 Å². The number of amides is 1. The lowest BCUT2D eigenvalue weighted by Gasteiger charge is -2.16. The second-order valence-corrected chi connectivity index (χ2v) is 5.58. The molecule has 3 unspecified atom stereocenters. The molecule has 1 aliphatic rings. The molecule has 0 spiro atoms. The third-order valence-corrected chi connectivity index (χ3v) is 3.80. The van der Waals surface area contributed by atoms with Gasteiger partial charge in [-0.25, -0.2) is 0 Å². The van der Waals surface area contributed by atoms with Crippen molar-refractivity contribution in [2.75, 3.05) is 6.54 Å². The molecule has 4 nitrogen and oxygen atoms in total. The molecule has 3 atom stereocenters. The highest BCUT2D eigenvalue weighted by atomic mass is 32.1. The standard InChI is InChI=1S/C12H18N2O2S/c1-8(5-10-3-2-4-17-10)14-12(16)11-6-9(15)7-13-11/h2-4,8-9,11,13,15H,5-7H2,1H3,(H,14,16). The summed E-state index contributed by atoms with van der Waals surface area (Å²) >= 11 is 1.70. The quantitative estimate of drug-likeness (QED) is 0.734. The Labute approximate surface area is 105 Å². The van der Waals surface area contributed by atoms with Crippen molar-refractivity contribution in [3.63, 3.8) is 0 Å². The van der Waals surface area contributed by atoms with Crippen LogP contribution in [0.15, 0.2) is 17.5 Å². The fourth-order valence-electron chi connectivity index (χ4n) is 2.04. The Morgan fingerprint density at radius 2 is 2.59 bits per heavy atom. The Morgan fingerprint density at radius 3 is 3.18 bits per heavy atom. The zero-order chi connectivity index (χ0) is 12.3. The summed E-state index contributed by atoms with van der Waals surface area (Å²) in [4.78, 5) is 13.1. The van der Waals surface area contributed by atoms with Gasteiger partial charge in [0.05, 0.1) is 12.1 Å². The van der Waals surface area contributed by atoms with Crippen LogP contribution >= 0.6 is 11.3 Å². The first-order chi connectivity index (χ1) is 8.15. The smallest absolute Gasteiger partial charge is 0.237 e. The molecule has 0 radical (unpaired) electrons. The molecule has 1 saturated heterocycles. The van der Waals surface area contributed by atoms with Gasteiger partial charge in [0.15, 0.2) is 0 Å². The summed E-state index contributed by atoms with van der Waals surface area (Å²) in [6.45, 7) is 2.51. The van der Waals surface area contributed by atoms with E-state index in [4.69, 9.17) is 0 Å². The highest BCUT2D eigenvalue weighted by molar-refractivity contribution is 7.09. The fraction of sp³-hybridized carbons (Fsp3) is 0.583. The van der Waals surface area contributed by atoms with Gasteiger partial charge in [0.1, 0.15) is 0 Å². The van der Waals surface area contributed by atoms with Crippen LogP contribution in [0.3, 0.4) is 0 Å². The van der Waals surface area contributed by atoms with Crippen LogP contribution in [-0.4, -0.2) is 35.7 Å². The Kier molecular flexibility index (Phi) is 4.15. The van der Waals surface area contributed by atoms with Crippen molar-refractivity contribution >= 4 is 17.2 Å². The molecule has 1 aliphatic heterocycles. The molecule has 17 heavy (non-hydrogen) atoms. The van der Waals surface area contributed by atoms with Crippen LogP contribution in [0.25, 0.3) is 0 Å². The first-order valence-electron chi connectivity index (χ1n) is 5.89. The first-order valence-corrected chi connectivity index (χ1v) is 6.77. The minimum atomic E-state index is -0.390. The third kappa shape index (κ3) is 3.52. The number of hydrogen-bond acceptors (Lipinski definition) is 4. The van der Waals surface area contributed by atoms with Gasteiger partial charge in [-0.3, -0.25) is 4.79 Å². The predicted molar refractivity (Wildman–Crippen MR) is 68.0 cm³/mol. The molecular weight excluding hydrogens is 236 g/mol. The topological polar surface area (TPSA) is 61.4 Å². The fourth-order valence-corrected chi connectivity index (χ4v) is 2.88. The van der Waals surface area contributed by atoms with Crippen molar-refractivity contribution in [2.24, 2.45) is 0 Å². The van der Waals surface area contributed by atoms with E-state index < -0.39 is 6.10 Å². The van der Waals surface area contributed by atoms with Crippen LogP contribution < -0.4 is 10.6 Å². The van der Waals surface area contributed by atoms with E-state index in [0.29, 0.717) is 13.0 Å². The van der Waals surface area contributed by atoms with E-state index >= 15 is 0 Å². The second kappa shape index (κ2) is 5.62. The third-order valence-electron chi connectivity index (χ3n) is 2.90. The monoisotopic (exact) mass is 254 g/mol. The van der Waals surface area contributed by atoms with E-state index in [1.54, 1.807) is 11.3 Å². The minimum Gasteiger partial charge on any atom is -0.392 e. The predicted octanol–water partition coefficient (Wildman–Crippen LogP) is 0.518. The maximum Gasteiger partial charge on any atom is 0.237 e. The number of rotatable bonds is 4. The molecule has 1 amide bonds. The highest BCUT2D eigenvalue weighted by Gasteiger charge is 2.28. The molecule has 2 heterocycles. The Morgan fingerprint density at radius 1 is 1.76 bits per heavy atom. The van der Waals surface area contributed by atoms with Crippen molar-refractivity contribution in [3.8, 4) is 0 Å². The molecule has 2 rings (SSSR count). The number of β-amino-alcohol motifs (C(OH)–C–C–N with tert-alkyl or cyclic N) is 1.